The van der Waals surface area contributed by atoms with Crippen molar-refractivity contribution in [2.45, 2.75) is 43.7 Å². The molecule has 2 atom stereocenters. The summed E-state index contributed by atoms with van der Waals surface area (Å²) in [5.41, 5.74) is -0.0857. The average Bonchev–Trinajstić information content (AvgIpc) is 3.34. The molecule has 1 aromatic carbocycles. The van der Waals surface area contributed by atoms with Gasteiger partial charge < -0.3 is 14.5 Å². The van der Waals surface area contributed by atoms with E-state index in [0.717, 1.165) is 36.9 Å². The predicted octanol–water partition coefficient (Wildman–Crippen LogP) is 3.13. The van der Waals surface area contributed by atoms with Crippen LogP contribution in [0.4, 0.5) is 13.2 Å². The molecule has 0 spiro atoms. The summed E-state index contributed by atoms with van der Waals surface area (Å²) in [7, 11) is 0. The molecule has 1 aromatic heterocycles. The maximum absolute atomic E-state index is 12.8. The smallest absolute Gasteiger partial charge is 0.396 e. The van der Waals surface area contributed by atoms with Gasteiger partial charge in [0.15, 0.2) is 5.82 Å². The van der Waals surface area contributed by atoms with E-state index in [1.165, 1.54) is 12.1 Å². The largest absolute Gasteiger partial charge is 0.416 e. The number of aliphatic hydroxyl groups excluding tert-OH is 1. The van der Waals surface area contributed by atoms with Gasteiger partial charge in [-0.3, -0.25) is 4.79 Å². The van der Waals surface area contributed by atoms with Gasteiger partial charge in [-0.05, 0) is 37.0 Å². The summed E-state index contributed by atoms with van der Waals surface area (Å²) in [5.74, 6) is 0.661. The summed E-state index contributed by atoms with van der Waals surface area (Å²) in [6, 6.07) is 5.07. The number of piperidine rings is 1. The van der Waals surface area contributed by atoms with Crippen LogP contribution < -0.4 is 0 Å². The molecule has 1 aliphatic heterocycles. The number of carbonyl (C=O) groups excluding carboxylic acids is 1. The second-order valence-electron chi connectivity index (χ2n) is 8.19. The molecular weight excluding hydrogens is 387 g/mol. The summed E-state index contributed by atoms with van der Waals surface area (Å²) in [5, 5.41) is 13.5. The quantitative estimate of drug-likeness (QED) is 0.742. The number of aromatic nitrogens is 2. The lowest BCUT2D eigenvalue weighted by molar-refractivity contribution is -0.137. The minimum atomic E-state index is -4.38. The van der Waals surface area contributed by atoms with Gasteiger partial charge in [-0.2, -0.15) is 18.2 Å². The predicted molar refractivity (Wildman–Crippen MR) is 95.9 cm³/mol. The maximum Gasteiger partial charge on any atom is 0.416 e. The lowest BCUT2D eigenvalue weighted by atomic mass is 9.84. The van der Waals surface area contributed by atoms with Crippen LogP contribution in [-0.4, -0.2) is 46.3 Å². The van der Waals surface area contributed by atoms with Gasteiger partial charge in [0.1, 0.15) is 0 Å². The van der Waals surface area contributed by atoms with Crippen molar-refractivity contribution >= 4 is 6.41 Å². The highest BCUT2D eigenvalue weighted by Gasteiger charge is 2.43. The molecule has 2 aromatic rings. The molecule has 1 N–H and O–H groups in total. The Morgan fingerprint density at radius 1 is 1.21 bits per heavy atom. The van der Waals surface area contributed by atoms with Gasteiger partial charge >= 0.3 is 6.18 Å². The normalized spacial score (nSPS) is 23.8. The first-order valence-electron chi connectivity index (χ1n) is 9.62. The maximum atomic E-state index is 12.8. The topological polar surface area (TPSA) is 79.5 Å². The summed E-state index contributed by atoms with van der Waals surface area (Å²) in [4.78, 5) is 17.5. The second kappa shape index (κ2) is 7.44. The summed E-state index contributed by atoms with van der Waals surface area (Å²) >= 11 is 0. The molecule has 1 saturated carbocycles. The minimum Gasteiger partial charge on any atom is -0.396 e. The number of halogens is 3. The van der Waals surface area contributed by atoms with Crippen LogP contribution in [0.1, 0.15) is 53.9 Å². The van der Waals surface area contributed by atoms with Crippen LogP contribution in [0.2, 0.25) is 0 Å². The first-order valence-corrected chi connectivity index (χ1v) is 9.62. The van der Waals surface area contributed by atoms with Crippen LogP contribution in [0.25, 0.3) is 0 Å². The van der Waals surface area contributed by atoms with Gasteiger partial charge in [-0.15, -0.1) is 0 Å². The van der Waals surface area contributed by atoms with Gasteiger partial charge in [-0.1, -0.05) is 17.3 Å². The lowest BCUT2D eigenvalue weighted by Gasteiger charge is -2.34. The number of hydrogen-bond donors (Lipinski definition) is 1. The number of alkyl halides is 3. The zero-order chi connectivity index (χ0) is 20.6. The van der Waals surface area contributed by atoms with Crippen molar-refractivity contribution in [3.05, 3.63) is 47.1 Å². The molecule has 2 heterocycles. The number of likely N-dealkylation sites (tertiary alicyclic amines) is 1. The van der Waals surface area contributed by atoms with E-state index in [9.17, 15) is 23.1 Å². The Labute approximate surface area is 165 Å². The van der Waals surface area contributed by atoms with Crippen molar-refractivity contribution in [2.75, 3.05) is 19.7 Å². The Morgan fingerprint density at radius 2 is 1.90 bits per heavy atom. The first kappa shape index (κ1) is 19.9. The Morgan fingerprint density at radius 3 is 2.48 bits per heavy atom. The molecule has 9 heteroatoms. The zero-order valence-electron chi connectivity index (χ0n) is 15.7. The monoisotopic (exact) mass is 409 g/mol. The van der Waals surface area contributed by atoms with E-state index in [0.29, 0.717) is 37.6 Å². The van der Waals surface area contributed by atoms with E-state index in [1.54, 1.807) is 4.90 Å². The van der Waals surface area contributed by atoms with Gasteiger partial charge in [0.25, 0.3) is 0 Å². The van der Waals surface area contributed by atoms with Crippen molar-refractivity contribution in [1.29, 1.82) is 0 Å². The summed E-state index contributed by atoms with van der Waals surface area (Å²) in [6.45, 7) is 0.947. The molecule has 29 heavy (non-hydrogen) atoms. The SMILES string of the molecule is O=CN1CC(c2ccc(C(F)(F)F)cc2)CC(c2nc(CC3(CO)CC3)no2)C1. The van der Waals surface area contributed by atoms with Gasteiger partial charge in [0, 0.05) is 37.5 Å². The Balaban J connectivity index is 1.50. The van der Waals surface area contributed by atoms with Crippen molar-refractivity contribution in [2.24, 2.45) is 5.41 Å². The average molecular weight is 409 g/mol. The Hall–Kier alpha value is -2.42. The third-order valence-corrected chi connectivity index (χ3v) is 6.00. The fourth-order valence-electron chi connectivity index (χ4n) is 3.99. The summed E-state index contributed by atoms with van der Waals surface area (Å²) in [6.07, 6.45) is -0.610. The number of carbonyl (C=O) groups is 1. The van der Waals surface area contributed by atoms with E-state index < -0.39 is 11.7 Å². The molecule has 1 saturated heterocycles. The second-order valence-corrected chi connectivity index (χ2v) is 8.19. The molecule has 4 rings (SSSR count). The van der Waals surface area contributed by atoms with Gasteiger partial charge in [-0.25, -0.2) is 0 Å². The van der Waals surface area contributed by atoms with E-state index in [4.69, 9.17) is 4.52 Å². The lowest BCUT2D eigenvalue weighted by Crippen LogP contribution is -2.37. The van der Waals surface area contributed by atoms with Crippen molar-refractivity contribution in [3.8, 4) is 0 Å². The van der Waals surface area contributed by atoms with Crippen LogP contribution in [0.3, 0.4) is 0 Å². The summed E-state index contributed by atoms with van der Waals surface area (Å²) < 4.78 is 43.9. The fraction of sp³-hybridized carbons (Fsp3) is 0.550. The zero-order valence-corrected chi connectivity index (χ0v) is 15.7. The van der Waals surface area contributed by atoms with Gasteiger partial charge in [0.2, 0.25) is 12.3 Å². The highest BCUT2D eigenvalue weighted by atomic mass is 19.4. The molecule has 2 aliphatic rings. The number of hydrogen-bond acceptors (Lipinski definition) is 5. The number of aliphatic hydroxyl groups is 1. The van der Waals surface area contributed by atoms with E-state index in [2.05, 4.69) is 10.1 Å². The molecule has 1 aliphatic carbocycles. The van der Waals surface area contributed by atoms with Crippen molar-refractivity contribution < 1.29 is 27.6 Å². The van der Waals surface area contributed by atoms with E-state index in [-0.39, 0.29) is 23.9 Å². The fourth-order valence-corrected chi connectivity index (χ4v) is 3.99. The highest BCUT2D eigenvalue weighted by molar-refractivity contribution is 5.48. The van der Waals surface area contributed by atoms with Crippen LogP contribution in [0.15, 0.2) is 28.8 Å². The minimum absolute atomic E-state index is 0.0925. The van der Waals surface area contributed by atoms with Crippen LogP contribution in [0.5, 0.6) is 0 Å². The number of rotatable bonds is 6. The molecule has 2 fully saturated rings. The Bertz CT molecular complexity index is 862. The molecular formula is C20H22F3N3O3. The third kappa shape index (κ3) is 4.29. The van der Waals surface area contributed by atoms with Gasteiger partial charge in [0.05, 0.1) is 11.5 Å². The molecule has 0 bridgehead atoms. The van der Waals surface area contributed by atoms with Crippen LogP contribution in [0, 0.1) is 5.41 Å². The van der Waals surface area contributed by atoms with Crippen LogP contribution >= 0.6 is 0 Å². The molecule has 6 nitrogen and oxygen atoms in total. The van der Waals surface area contributed by atoms with E-state index >= 15 is 0 Å². The Kier molecular flexibility index (Phi) is 5.10. The highest BCUT2D eigenvalue weighted by Crippen LogP contribution is 2.47. The van der Waals surface area contributed by atoms with Crippen molar-refractivity contribution in [1.82, 2.24) is 15.0 Å². The molecule has 2 unspecified atom stereocenters. The third-order valence-electron chi connectivity index (χ3n) is 6.00. The standard InChI is InChI=1S/C20H22F3N3O3/c21-20(22,23)16-3-1-13(2-4-16)14-7-15(10-26(9-14)12-28)18-24-17(25-29-18)8-19(11-27)5-6-19/h1-4,12,14-15,27H,5-11H2. The molecule has 1 amide bonds. The van der Waals surface area contributed by atoms with Crippen molar-refractivity contribution in [3.63, 3.8) is 0 Å². The van der Waals surface area contributed by atoms with E-state index in [1.807, 2.05) is 0 Å². The molecule has 0 radical (unpaired) electrons. The number of amides is 1. The number of nitrogens with zero attached hydrogens (tertiary/aromatic N) is 3. The molecule has 156 valence electrons. The number of benzene rings is 1. The van der Waals surface area contributed by atoms with Crippen LogP contribution in [-0.2, 0) is 17.4 Å². The first-order chi connectivity index (χ1) is 13.8.